The van der Waals surface area contributed by atoms with E-state index in [0.29, 0.717) is 0 Å². The van der Waals surface area contributed by atoms with Crippen molar-refractivity contribution in [2.24, 2.45) is 10.9 Å². The Morgan fingerprint density at radius 1 is 1.19 bits per heavy atom. The number of benzene rings is 2. The van der Waals surface area contributed by atoms with Crippen molar-refractivity contribution in [1.82, 2.24) is 4.90 Å². The second-order valence-electron chi connectivity index (χ2n) is 9.40. The van der Waals surface area contributed by atoms with Crippen molar-refractivity contribution in [3.63, 3.8) is 0 Å². The van der Waals surface area contributed by atoms with Crippen LogP contribution in [0.5, 0.6) is 0 Å². The molecule has 0 saturated heterocycles. The normalized spacial score (nSPS) is 16.3. The van der Waals surface area contributed by atoms with Crippen LogP contribution in [0.25, 0.3) is 4.91 Å². The van der Waals surface area contributed by atoms with Crippen LogP contribution in [0.3, 0.4) is 0 Å². The minimum Gasteiger partial charge on any atom is -0.366 e. The highest BCUT2D eigenvalue weighted by atomic mass is 32.2. The number of aryl methyl sites for hydroxylation is 3. The largest absolute Gasteiger partial charge is 0.366 e. The quantitative estimate of drug-likeness (QED) is 0.302. The van der Waals surface area contributed by atoms with E-state index in [1.165, 1.54) is 58.2 Å². The van der Waals surface area contributed by atoms with E-state index in [0.717, 1.165) is 29.5 Å². The predicted octanol–water partition coefficient (Wildman–Crippen LogP) is 7.89. The van der Waals surface area contributed by atoms with Crippen LogP contribution in [0.2, 0.25) is 0 Å². The summed E-state index contributed by atoms with van der Waals surface area (Å²) in [7, 11) is 2.05. The van der Waals surface area contributed by atoms with Crippen molar-refractivity contribution in [3.05, 3.63) is 81.3 Å². The molecular formula is C29H38N2S. The lowest BCUT2D eigenvalue weighted by Gasteiger charge is -2.22. The number of rotatable bonds is 8. The number of hydrogen-bond donors (Lipinski definition) is 0. The molecule has 0 radical (unpaired) electrons. The van der Waals surface area contributed by atoms with Crippen molar-refractivity contribution >= 4 is 28.7 Å². The molecule has 1 atom stereocenters. The fraction of sp³-hybridized carbons (Fsp3) is 0.414. The maximum Gasteiger partial charge on any atom is 0.0909 e. The maximum atomic E-state index is 4.66. The Labute approximate surface area is 199 Å². The number of thioether (sulfide) groups is 1. The predicted molar refractivity (Wildman–Crippen MR) is 144 cm³/mol. The number of nitrogens with zero attached hydrogens (tertiary/aromatic N) is 2. The Morgan fingerprint density at radius 2 is 1.97 bits per heavy atom. The third kappa shape index (κ3) is 6.38. The third-order valence-corrected chi connectivity index (χ3v) is 7.46. The smallest absolute Gasteiger partial charge is 0.0909 e. The fourth-order valence-electron chi connectivity index (χ4n) is 4.13. The molecule has 0 heterocycles. The second kappa shape index (κ2) is 11.0. The van der Waals surface area contributed by atoms with Gasteiger partial charge in [0.15, 0.2) is 0 Å². The first-order valence-corrected chi connectivity index (χ1v) is 12.6. The van der Waals surface area contributed by atoms with Gasteiger partial charge in [-0.25, -0.2) is 4.99 Å². The summed E-state index contributed by atoms with van der Waals surface area (Å²) in [5.41, 5.74) is 10.6. The molecule has 0 saturated carbocycles. The molecule has 2 nitrogen and oxygen atoms in total. The first-order valence-electron chi connectivity index (χ1n) is 11.7. The SMILES string of the molecule is C=C(S/C=C(\C)Cc1cc(C)c(N=CN(C)CC)cc1C)c1ccc2c(c1)CCC(C)C2. The first-order chi connectivity index (χ1) is 15.3. The van der Waals surface area contributed by atoms with E-state index < -0.39 is 0 Å². The minimum absolute atomic E-state index is 0.808. The molecule has 0 fully saturated rings. The Kier molecular flexibility index (Phi) is 8.42. The van der Waals surface area contributed by atoms with Gasteiger partial charge < -0.3 is 4.90 Å². The molecule has 170 valence electrons. The molecule has 0 spiro atoms. The van der Waals surface area contributed by atoms with Gasteiger partial charge >= 0.3 is 0 Å². The summed E-state index contributed by atoms with van der Waals surface area (Å²) >= 11 is 1.75. The van der Waals surface area contributed by atoms with Gasteiger partial charge in [-0.1, -0.05) is 55.1 Å². The Balaban J connectivity index is 1.65. The zero-order chi connectivity index (χ0) is 23.3. The standard InChI is InChI=1S/C29H38N2S/c1-8-31(7)19-30-29-16-22(4)28(15-23(29)5)14-21(3)18-32-24(6)25-11-12-26-13-20(2)9-10-27(26)17-25/h11-12,15-20H,6,8-10,13-14H2,1-5,7H3/b21-18+,30-19?. The fourth-order valence-corrected chi connectivity index (χ4v) is 4.81. The number of aliphatic imine (C=N–C) groups is 1. The number of hydrogen-bond acceptors (Lipinski definition) is 2. The Bertz CT molecular complexity index is 1030. The molecule has 0 aliphatic heterocycles. The van der Waals surface area contributed by atoms with Crippen molar-refractivity contribution in [3.8, 4) is 0 Å². The van der Waals surface area contributed by atoms with Gasteiger partial charge in [0.1, 0.15) is 0 Å². The third-order valence-electron chi connectivity index (χ3n) is 6.42. The van der Waals surface area contributed by atoms with Crippen LogP contribution in [0.15, 0.2) is 52.9 Å². The highest BCUT2D eigenvalue weighted by Gasteiger charge is 2.15. The summed E-state index contributed by atoms with van der Waals surface area (Å²) < 4.78 is 0. The molecule has 1 aliphatic carbocycles. The highest BCUT2D eigenvalue weighted by molar-refractivity contribution is 8.10. The van der Waals surface area contributed by atoms with Crippen molar-refractivity contribution < 1.29 is 0 Å². The van der Waals surface area contributed by atoms with Gasteiger partial charge in [0, 0.05) is 18.5 Å². The molecule has 1 aliphatic rings. The van der Waals surface area contributed by atoms with Gasteiger partial charge in [0.25, 0.3) is 0 Å². The van der Waals surface area contributed by atoms with Gasteiger partial charge in [-0.15, -0.1) is 0 Å². The zero-order valence-electron chi connectivity index (χ0n) is 20.7. The van der Waals surface area contributed by atoms with Crippen LogP contribution < -0.4 is 0 Å². The van der Waals surface area contributed by atoms with Gasteiger partial charge in [-0.05, 0) is 104 Å². The highest BCUT2D eigenvalue weighted by Crippen LogP contribution is 2.33. The maximum absolute atomic E-state index is 4.66. The summed E-state index contributed by atoms with van der Waals surface area (Å²) in [6.07, 6.45) is 6.58. The summed E-state index contributed by atoms with van der Waals surface area (Å²) in [6, 6.07) is 11.4. The Hall–Kier alpha value is -2.26. The van der Waals surface area contributed by atoms with Crippen molar-refractivity contribution in [2.45, 2.75) is 60.3 Å². The minimum atomic E-state index is 0.808. The van der Waals surface area contributed by atoms with Crippen LogP contribution in [-0.4, -0.2) is 24.8 Å². The van der Waals surface area contributed by atoms with E-state index in [9.17, 15) is 0 Å². The summed E-state index contributed by atoms with van der Waals surface area (Å²) in [5, 5.41) is 2.26. The topological polar surface area (TPSA) is 15.6 Å². The molecular weight excluding hydrogens is 408 g/mol. The lowest BCUT2D eigenvalue weighted by Crippen LogP contribution is -2.14. The van der Waals surface area contributed by atoms with Crippen LogP contribution in [0.4, 0.5) is 5.69 Å². The number of fused-ring (bicyclic) bond motifs is 1. The van der Waals surface area contributed by atoms with E-state index >= 15 is 0 Å². The van der Waals surface area contributed by atoms with E-state index in [2.05, 4.69) is 86.8 Å². The van der Waals surface area contributed by atoms with Gasteiger partial charge in [0.2, 0.25) is 0 Å². The molecule has 0 N–H and O–H groups in total. The van der Waals surface area contributed by atoms with E-state index in [4.69, 9.17) is 0 Å². The average Bonchev–Trinajstić information content (AvgIpc) is 2.78. The molecule has 0 bridgehead atoms. The van der Waals surface area contributed by atoms with Gasteiger partial charge in [-0.3, -0.25) is 0 Å². The molecule has 2 aromatic rings. The lowest BCUT2D eigenvalue weighted by molar-refractivity contribution is 0.501. The van der Waals surface area contributed by atoms with Crippen LogP contribution in [-0.2, 0) is 19.3 Å². The molecule has 0 amide bonds. The molecule has 3 rings (SSSR count). The average molecular weight is 447 g/mol. The molecule has 1 unspecified atom stereocenters. The summed E-state index contributed by atoms with van der Waals surface area (Å²) in [6.45, 7) is 16.3. The monoisotopic (exact) mass is 446 g/mol. The second-order valence-corrected chi connectivity index (χ2v) is 10.4. The van der Waals surface area contributed by atoms with Crippen molar-refractivity contribution in [1.29, 1.82) is 0 Å². The molecule has 3 heteroatoms. The lowest BCUT2D eigenvalue weighted by atomic mass is 9.84. The molecule has 32 heavy (non-hydrogen) atoms. The first kappa shape index (κ1) is 24.4. The zero-order valence-corrected chi connectivity index (χ0v) is 21.5. The van der Waals surface area contributed by atoms with Crippen LogP contribution >= 0.6 is 11.8 Å². The van der Waals surface area contributed by atoms with E-state index in [-0.39, 0.29) is 0 Å². The summed E-state index contributed by atoms with van der Waals surface area (Å²) in [4.78, 5) is 7.87. The van der Waals surface area contributed by atoms with E-state index in [1.54, 1.807) is 11.8 Å². The van der Waals surface area contributed by atoms with Crippen LogP contribution in [0.1, 0.15) is 60.6 Å². The summed E-state index contributed by atoms with van der Waals surface area (Å²) in [5.74, 6) is 0.808. The van der Waals surface area contributed by atoms with Gasteiger partial charge in [-0.2, -0.15) is 0 Å². The number of allylic oxidation sites excluding steroid dienone is 1. The van der Waals surface area contributed by atoms with Crippen molar-refractivity contribution in [2.75, 3.05) is 13.6 Å². The van der Waals surface area contributed by atoms with E-state index in [1.807, 2.05) is 13.4 Å². The molecule has 2 aromatic carbocycles. The Morgan fingerprint density at radius 3 is 2.72 bits per heavy atom. The van der Waals surface area contributed by atoms with Gasteiger partial charge in [0.05, 0.1) is 12.0 Å². The van der Waals surface area contributed by atoms with Crippen LogP contribution in [0, 0.1) is 19.8 Å². The molecule has 0 aromatic heterocycles.